The molecular weight excluding hydrogens is 248 g/mol. The molecule has 112 valence electrons. The summed E-state index contributed by atoms with van der Waals surface area (Å²) in [5.74, 6) is 0.962. The van der Waals surface area contributed by atoms with Gasteiger partial charge in [0.1, 0.15) is 18.5 Å². The van der Waals surface area contributed by atoms with Crippen LogP contribution in [-0.2, 0) is 11.2 Å². The van der Waals surface area contributed by atoms with Crippen LogP contribution in [-0.4, -0.2) is 19.3 Å². The lowest BCUT2D eigenvalue weighted by molar-refractivity contribution is 0.263. The number of epoxide rings is 1. The Morgan fingerprint density at radius 3 is 2.30 bits per heavy atom. The van der Waals surface area contributed by atoms with E-state index < -0.39 is 0 Å². The Hall–Kier alpha value is -1.02. The van der Waals surface area contributed by atoms with Crippen LogP contribution in [0.3, 0.4) is 0 Å². The van der Waals surface area contributed by atoms with Gasteiger partial charge in [0.15, 0.2) is 0 Å². The van der Waals surface area contributed by atoms with Crippen LogP contribution in [0, 0.1) is 0 Å². The topological polar surface area (TPSA) is 21.8 Å². The van der Waals surface area contributed by atoms with Crippen molar-refractivity contribution in [1.29, 1.82) is 0 Å². The summed E-state index contributed by atoms with van der Waals surface area (Å²) >= 11 is 0. The number of rotatable bonds is 11. The lowest BCUT2D eigenvalue weighted by Gasteiger charge is -2.06. The highest BCUT2D eigenvalue weighted by Gasteiger charge is 2.22. The zero-order valence-corrected chi connectivity index (χ0v) is 12.8. The normalized spacial score (nSPS) is 17.1. The molecule has 1 aliphatic rings. The van der Waals surface area contributed by atoms with Crippen molar-refractivity contribution in [2.45, 2.75) is 64.4 Å². The first-order chi connectivity index (χ1) is 9.88. The van der Waals surface area contributed by atoms with Gasteiger partial charge in [-0.1, -0.05) is 57.6 Å². The van der Waals surface area contributed by atoms with Crippen molar-refractivity contribution >= 4 is 0 Å². The van der Waals surface area contributed by atoms with Gasteiger partial charge in [0.25, 0.3) is 0 Å². The van der Waals surface area contributed by atoms with Gasteiger partial charge in [0, 0.05) is 0 Å². The first-order valence-corrected chi connectivity index (χ1v) is 8.22. The second-order valence-electron chi connectivity index (χ2n) is 5.78. The Bertz CT molecular complexity index is 354. The Morgan fingerprint density at radius 2 is 1.65 bits per heavy atom. The zero-order chi connectivity index (χ0) is 14.0. The summed E-state index contributed by atoms with van der Waals surface area (Å²) in [5.41, 5.74) is 1.42. The number of aryl methyl sites for hydroxylation is 1. The molecule has 2 heteroatoms. The van der Waals surface area contributed by atoms with Crippen LogP contribution < -0.4 is 4.74 Å². The average molecular weight is 276 g/mol. The quantitative estimate of drug-likeness (QED) is 0.429. The molecule has 0 radical (unpaired) electrons. The van der Waals surface area contributed by atoms with Crippen LogP contribution >= 0.6 is 0 Å². The molecule has 1 aliphatic heterocycles. The van der Waals surface area contributed by atoms with Gasteiger partial charge in [0.05, 0.1) is 6.61 Å². The first kappa shape index (κ1) is 15.4. The molecule has 0 aliphatic carbocycles. The minimum Gasteiger partial charge on any atom is -0.491 e. The number of ether oxygens (including phenoxy) is 2. The maximum Gasteiger partial charge on any atom is 0.119 e. The summed E-state index contributed by atoms with van der Waals surface area (Å²) in [5, 5.41) is 0. The molecule has 1 heterocycles. The third-order valence-electron chi connectivity index (χ3n) is 3.83. The maximum atomic E-state index is 5.64. The highest BCUT2D eigenvalue weighted by atomic mass is 16.6. The molecule has 1 saturated heterocycles. The summed E-state index contributed by atoms with van der Waals surface area (Å²) in [6, 6.07) is 8.55. The Morgan fingerprint density at radius 1 is 1.00 bits per heavy atom. The smallest absolute Gasteiger partial charge is 0.119 e. The molecule has 1 fully saturated rings. The van der Waals surface area contributed by atoms with Crippen molar-refractivity contribution in [2.24, 2.45) is 0 Å². The van der Waals surface area contributed by atoms with E-state index in [4.69, 9.17) is 9.47 Å². The van der Waals surface area contributed by atoms with E-state index in [1.807, 2.05) is 0 Å². The van der Waals surface area contributed by atoms with E-state index in [-0.39, 0.29) is 0 Å². The molecule has 0 spiro atoms. The average Bonchev–Trinajstić information content (AvgIpc) is 3.30. The van der Waals surface area contributed by atoms with Crippen LogP contribution in [0.2, 0.25) is 0 Å². The van der Waals surface area contributed by atoms with E-state index in [1.54, 1.807) is 0 Å². The lowest BCUT2D eigenvalue weighted by atomic mass is 10.0. The molecule has 0 bridgehead atoms. The summed E-state index contributed by atoms with van der Waals surface area (Å²) in [7, 11) is 0. The van der Waals surface area contributed by atoms with Crippen molar-refractivity contribution in [3.05, 3.63) is 29.8 Å². The van der Waals surface area contributed by atoms with Gasteiger partial charge in [-0.05, 0) is 30.5 Å². The van der Waals surface area contributed by atoms with Gasteiger partial charge in [-0.2, -0.15) is 0 Å². The number of hydrogen-bond acceptors (Lipinski definition) is 2. The third-order valence-corrected chi connectivity index (χ3v) is 3.83. The predicted molar refractivity (Wildman–Crippen MR) is 83.4 cm³/mol. The largest absolute Gasteiger partial charge is 0.491 e. The Kier molecular flexibility index (Phi) is 6.93. The summed E-state index contributed by atoms with van der Waals surface area (Å²) in [4.78, 5) is 0. The Labute approximate surface area is 123 Å². The third kappa shape index (κ3) is 6.42. The fraction of sp³-hybridized carbons (Fsp3) is 0.667. The zero-order valence-electron chi connectivity index (χ0n) is 12.8. The summed E-state index contributed by atoms with van der Waals surface area (Å²) in [6.07, 6.45) is 11.1. The molecule has 0 unspecified atom stereocenters. The molecule has 2 rings (SSSR count). The minimum absolute atomic E-state index is 0.336. The highest BCUT2D eigenvalue weighted by molar-refractivity contribution is 5.27. The van der Waals surface area contributed by atoms with Gasteiger partial charge in [-0.3, -0.25) is 0 Å². The maximum absolute atomic E-state index is 5.64. The van der Waals surface area contributed by atoms with Crippen molar-refractivity contribution < 1.29 is 9.47 Å². The van der Waals surface area contributed by atoms with Crippen LogP contribution in [0.15, 0.2) is 24.3 Å². The molecule has 1 aromatic rings. The van der Waals surface area contributed by atoms with Crippen LogP contribution in [0.25, 0.3) is 0 Å². The molecule has 0 aromatic heterocycles. The van der Waals surface area contributed by atoms with Crippen molar-refractivity contribution in [3.8, 4) is 5.75 Å². The van der Waals surface area contributed by atoms with Crippen LogP contribution in [0.4, 0.5) is 0 Å². The number of hydrogen-bond donors (Lipinski definition) is 0. The SMILES string of the molecule is CCCCCCCCCc1ccc(OC[C@H]2CO2)cc1. The molecular formula is C18H28O2. The van der Waals surface area contributed by atoms with Crippen molar-refractivity contribution in [1.82, 2.24) is 0 Å². The van der Waals surface area contributed by atoms with Crippen molar-refractivity contribution in [2.75, 3.05) is 13.2 Å². The molecule has 1 atom stereocenters. The van der Waals surface area contributed by atoms with E-state index in [9.17, 15) is 0 Å². The monoisotopic (exact) mass is 276 g/mol. The number of benzene rings is 1. The second kappa shape index (κ2) is 9.02. The standard InChI is InChI=1S/C18H28O2/c1-2-3-4-5-6-7-8-9-16-10-12-17(13-11-16)19-14-18-15-20-18/h10-13,18H,2-9,14-15H2,1H3/t18-/m0/s1. The van der Waals surface area contributed by atoms with Gasteiger partial charge in [0.2, 0.25) is 0 Å². The van der Waals surface area contributed by atoms with E-state index in [0.29, 0.717) is 12.7 Å². The molecule has 0 amide bonds. The van der Waals surface area contributed by atoms with Gasteiger partial charge in [-0.15, -0.1) is 0 Å². The molecule has 20 heavy (non-hydrogen) atoms. The number of unbranched alkanes of at least 4 members (excludes halogenated alkanes) is 6. The van der Waals surface area contributed by atoms with E-state index in [0.717, 1.165) is 12.4 Å². The van der Waals surface area contributed by atoms with Crippen molar-refractivity contribution in [3.63, 3.8) is 0 Å². The van der Waals surface area contributed by atoms with Gasteiger partial charge >= 0.3 is 0 Å². The lowest BCUT2D eigenvalue weighted by Crippen LogP contribution is -2.03. The fourth-order valence-corrected chi connectivity index (χ4v) is 2.39. The van der Waals surface area contributed by atoms with Gasteiger partial charge < -0.3 is 9.47 Å². The molecule has 2 nitrogen and oxygen atoms in total. The van der Waals surface area contributed by atoms with E-state index in [1.165, 1.54) is 56.9 Å². The minimum atomic E-state index is 0.336. The fourth-order valence-electron chi connectivity index (χ4n) is 2.39. The van der Waals surface area contributed by atoms with Crippen LogP contribution in [0.5, 0.6) is 5.75 Å². The second-order valence-corrected chi connectivity index (χ2v) is 5.78. The Balaban J connectivity index is 1.53. The van der Waals surface area contributed by atoms with E-state index in [2.05, 4.69) is 31.2 Å². The predicted octanol–water partition coefficient (Wildman–Crippen LogP) is 4.76. The highest BCUT2D eigenvalue weighted by Crippen LogP contribution is 2.17. The summed E-state index contributed by atoms with van der Waals surface area (Å²) < 4.78 is 10.8. The van der Waals surface area contributed by atoms with Gasteiger partial charge in [-0.25, -0.2) is 0 Å². The van der Waals surface area contributed by atoms with Crippen LogP contribution in [0.1, 0.15) is 57.4 Å². The summed E-state index contributed by atoms with van der Waals surface area (Å²) in [6.45, 7) is 3.82. The molecule has 1 aromatic carbocycles. The van der Waals surface area contributed by atoms with E-state index >= 15 is 0 Å². The molecule has 0 N–H and O–H groups in total. The first-order valence-electron chi connectivity index (χ1n) is 8.22. The molecule has 0 saturated carbocycles.